The van der Waals surface area contributed by atoms with Crippen LogP contribution in [0.25, 0.3) is 0 Å². The molecular weight excluding hydrogens is 525 g/mol. The summed E-state index contributed by atoms with van der Waals surface area (Å²) in [5, 5.41) is 1.75. The second kappa shape index (κ2) is 8.92. The summed E-state index contributed by atoms with van der Waals surface area (Å²) in [6.45, 7) is 0. The lowest BCUT2D eigenvalue weighted by Crippen LogP contribution is -2.38. The van der Waals surface area contributed by atoms with Crippen LogP contribution in [0.3, 0.4) is 0 Å². The van der Waals surface area contributed by atoms with Crippen LogP contribution in [-0.2, 0) is 4.79 Å². The zero-order valence-corrected chi connectivity index (χ0v) is 18.2. The van der Waals surface area contributed by atoms with Gasteiger partial charge < -0.3 is 5.32 Å². The van der Waals surface area contributed by atoms with Gasteiger partial charge in [0.2, 0.25) is 15.4 Å². The molecule has 1 heterocycles. The number of benzene rings is 2. The predicted octanol–water partition coefficient (Wildman–Crippen LogP) is 5.13. The molecule has 1 N–H and O–H groups in total. The quantitative estimate of drug-likeness (QED) is 0.195. The van der Waals surface area contributed by atoms with Crippen LogP contribution in [-0.4, -0.2) is 39.7 Å². The maximum atomic E-state index is 14.3. The van der Waals surface area contributed by atoms with Crippen LogP contribution < -0.4 is 10.2 Å². The van der Waals surface area contributed by atoms with Crippen LogP contribution >= 0.6 is 34.8 Å². The van der Waals surface area contributed by atoms with E-state index in [-0.39, 0.29) is 0 Å². The zero-order chi connectivity index (χ0) is 24.8. The maximum Gasteiger partial charge on any atom is 0.337 e. The minimum absolute atomic E-state index is 0.446. The van der Waals surface area contributed by atoms with Crippen LogP contribution in [0.4, 0.5) is 42.5 Å². The number of carbonyl (C=O) groups is 2. The Morgan fingerprint density at radius 2 is 1.42 bits per heavy atom. The lowest BCUT2D eigenvalue weighted by Gasteiger charge is -2.25. The standard InChI is InChI=1S/C18H9Cl3F6N4O2/c1-30-15(32)14(31(17(30)33)7-5-3-2-4-6(7)22)29-16(18(19,20)21)28-13-11(26)9(24)8(23)10(25)12(13)27/h2-5,16,28H,1H3. The minimum Gasteiger partial charge on any atom is -0.355 e. The van der Waals surface area contributed by atoms with E-state index in [0.29, 0.717) is 9.80 Å². The van der Waals surface area contributed by atoms with E-state index in [4.69, 9.17) is 34.8 Å². The molecule has 3 amide bonds. The van der Waals surface area contributed by atoms with Gasteiger partial charge >= 0.3 is 6.03 Å². The molecule has 0 bridgehead atoms. The van der Waals surface area contributed by atoms with Gasteiger partial charge in [-0.2, -0.15) is 0 Å². The molecule has 3 rings (SSSR count). The Morgan fingerprint density at radius 3 is 1.94 bits per heavy atom. The monoisotopic (exact) mass is 532 g/mol. The third kappa shape index (κ3) is 4.42. The largest absolute Gasteiger partial charge is 0.355 e. The molecule has 1 aliphatic heterocycles. The van der Waals surface area contributed by atoms with Crippen LogP contribution in [0.15, 0.2) is 29.3 Å². The number of halogens is 9. The number of carbonyl (C=O) groups excluding carboxylic acids is 2. The number of hydrogen-bond donors (Lipinski definition) is 1. The number of urea groups is 1. The lowest BCUT2D eigenvalue weighted by atomic mass is 10.2. The molecule has 0 spiro atoms. The highest BCUT2D eigenvalue weighted by molar-refractivity contribution is 6.68. The van der Waals surface area contributed by atoms with Crippen molar-refractivity contribution in [3.63, 3.8) is 0 Å². The molecule has 0 radical (unpaired) electrons. The summed E-state index contributed by atoms with van der Waals surface area (Å²) in [6.07, 6.45) is -2.19. The second-order valence-electron chi connectivity index (χ2n) is 6.42. The molecule has 6 nitrogen and oxygen atoms in total. The molecule has 1 unspecified atom stereocenters. The van der Waals surface area contributed by atoms with Crippen molar-refractivity contribution in [2.24, 2.45) is 4.99 Å². The van der Waals surface area contributed by atoms with Crippen LogP contribution in [0.5, 0.6) is 0 Å². The van der Waals surface area contributed by atoms with Gasteiger partial charge in [0.15, 0.2) is 29.4 Å². The molecular formula is C18H9Cl3F6N4O2. The molecule has 0 aromatic heterocycles. The fourth-order valence-corrected chi connectivity index (χ4v) is 3.02. The van der Waals surface area contributed by atoms with Gasteiger partial charge in [0, 0.05) is 7.05 Å². The van der Waals surface area contributed by atoms with Gasteiger partial charge in [-0.15, -0.1) is 0 Å². The normalized spacial score (nSPS) is 16.7. The first-order valence-corrected chi connectivity index (χ1v) is 9.69. The number of amidine groups is 1. The van der Waals surface area contributed by atoms with Crippen molar-refractivity contribution in [1.82, 2.24) is 4.90 Å². The number of aliphatic imine (C=N–C) groups is 1. The third-order valence-corrected chi connectivity index (χ3v) is 4.95. The van der Waals surface area contributed by atoms with Crippen LogP contribution in [0.2, 0.25) is 0 Å². The highest BCUT2D eigenvalue weighted by Crippen LogP contribution is 2.37. The lowest BCUT2D eigenvalue weighted by molar-refractivity contribution is -0.119. The fraction of sp³-hybridized carbons (Fsp3) is 0.167. The molecule has 0 aliphatic carbocycles. The first-order valence-electron chi connectivity index (χ1n) is 8.56. The van der Waals surface area contributed by atoms with Crippen molar-refractivity contribution in [2.45, 2.75) is 9.96 Å². The van der Waals surface area contributed by atoms with Crippen molar-refractivity contribution in [3.8, 4) is 0 Å². The average molecular weight is 534 g/mol. The SMILES string of the molecule is CN1C(=O)C(=NC(Nc2c(F)c(F)c(F)c(F)c2F)C(Cl)(Cl)Cl)N(c2ccccc2F)C1=O. The highest BCUT2D eigenvalue weighted by atomic mass is 35.6. The number of likely N-dealkylation sites (N-methyl/N-ethyl adjacent to an activating group) is 1. The molecule has 1 fully saturated rings. The number of amides is 3. The van der Waals surface area contributed by atoms with Gasteiger partial charge in [-0.25, -0.2) is 41.0 Å². The van der Waals surface area contributed by atoms with E-state index >= 15 is 0 Å². The van der Waals surface area contributed by atoms with Gasteiger partial charge in [0.05, 0.1) is 5.69 Å². The van der Waals surface area contributed by atoms with E-state index < -0.39 is 74.0 Å². The number of imide groups is 1. The number of anilines is 2. The summed E-state index contributed by atoms with van der Waals surface area (Å²) in [5.74, 6) is -14.6. The Kier molecular flexibility index (Phi) is 6.74. The van der Waals surface area contributed by atoms with Crippen LogP contribution in [0, 0.1) is 34.9 Å². The molecule has 33 heavy (non-hydrogen) atoms. The van der Waals surface area contributed by atoms with E-state index in [2.05, 4.69) is 4.99 Å². The third-order valence-electron chi connectivity index (χ3n) is 4.33. The van der Waals surface area contributed by atoms with Crippen molar-refractivity contribution >= 4 is 64.0 Å². The zero-order valence-electron chi connectivity index (χ0n) is 15.9. The second-order valence-corrected chi connectivity index (χ2v) is 8.79. The number of alkyl halides is 3. The summed E-state index contributed by atoms with van der Waals surface area (Å²) in [7, 11) is 1.02. The number of hydrogen-bond acceptors (Lipinski definition) is 4. The smallest absolute Gasteiger partial charge is 0.337 e. The number of rotatable bonds is 4. The minimum atomic E-state index is -2.67. The summed E-state index contributed by atoms with van der Waals surface area (Å²) in [6, 6.07) is 3.60. The van der Waals surface area contributed by atoms with Crippen molar-refractivity contribution in [3.05, 3.63) is 59.2 Å². The molecule has 2 aromatic carbocycles. The molecule has 1 aliphatic rings. The molecule has 15 heteroatoms. The fourth-order valence-electron chi connectivity index (χ4n) is 2.71. The Morgan fingerprint density at radius 1 is 0.909 bits per heavy atom. The van der Waals surface area contributed by atoms with E-state index in [0.717, 1.165) is 19.2 Å². The molecule has 2 aromatic rings. The van der Waals surface area contributed by atoms with E-state index in [1.807, 2.05) is 0 Å². The Hall–Kier alpha value is -2.70. The first kappa shape index (κ1) is 24.9. The Balaban J connectivity index is 2.16. The van der Waals surface area contributed by atoms with Crippen molar-refractivity contribution < 1.29 is 35.9 Å². The van der Waals surface area contributed by atoms with Crippen molar-refractivity contribution in [2.75, 3.05) is 17.3 Å². The molecule has 1 atom stereocenters. The van der Waals surface area contributed by atoms with Crippen molar-refractivity contribution in [1.29, 1.82) is 0 Å². The molecule has 0 saturated carbocycles. The number of para-hydroxylation sites is 1. The maximum absolute atomic E-state index is 14.3. The first-order chi connectivity index (χ1) is 15.3. The van der Waals surface area contributed by atoms with Gasteiger partial charge in [0.1, 0.15) is 11.5 Å². The van der Waals surface area contributed by atoms with Gasteiger partial charge in [0.25, 0.3) is 5.91 Å². The van der Waals surface area contributed by atoms with E-state index in [1.54, 1.807) is 5.32 Å². The van der Waals surface area contributed by atoms with E-state index in [1.165, 1.54) is 12.1 Å². The highest BCUT2D eigenvalue weighted by Gasteiger charge is 2.45. The van der Waals surface area contributed by atoms with Crippen LogP contribution in [0.1, 0.15) is 0 Å². The number of nitrogens with one attached hydrogen (secondary N) is 1. The van der Waals surface area contributed by atoms with Gasteiger partial charge in [-0.1, -0.05) is 46.9 Å². The summed E-state index contributed by atoms with van der Waals surface area (Å²) in [4.78, 5) is 29.7. The van der Waals surface area contributed by atoms with Gasteiger partial charge in [-0.3, -0.25) is 9.69 Å². The molecule has 176 valence electrons. The number of nitrogens with zero attached hydrogens (tertiary/aromatic N) is 3. The Labute approximate surface area is 196 Å². The average Bonchev–Trinajstić information content (AvgIpc) is 2.96. The van der Waals surface area contributed by atoms with Gasteiger partial charge in [-0.05, 0) is 12.1 Å². The molecule has 1 saturated heterocycles. The predicted molar refractivity (Wildman–Crippen MR) is 108 cm³/mol. The summed E-state index contributed by atoms with van der Waals surface area (Å²) < 4.78 is 80.3. The summed E-state index contributed by atoms with van der Waals surface area (Å²) in [5.41, 5.74) is -2.06. The summed E-state index contributed by atoms with van der Waals surface area (Å²) >= 11 is 17.2. The Bertz CT molecular complexity index is 1160. The van der Waals surface area contributed by atoms with E-state index in [9.17, 15) is 35.9 Å². The topological polar surface area (TPSA) is 65.0 Å².